The molecule has 2 aromatic carbocycles. The molecule has 0 saturated carbocycles. The van der Waals surface area contributed by atoms with Crippen molar-refractivity contribution in [2.75, 3.05) is 26.2 Å². The zero-order valence-corrected chi connectivity index (χ0v) is 16.8. The molecule has 29 heavy (non-hydrogen) atoms. The van der Waals surface area contributed by atoms with Gasteiger partial charge in [0.15, 0.2) is 11.5 Å². The van der Waals surface area contributed by atoms with Crippen molar-refractivity contribution in [2.45, 2.75) is 23.8 Å². The van der Waals surface area contributed by atoms with Crippen molar-refractivity contribution in [2.24, 2.45) is 5.92 Å². The molecular weight excluding hydrogens is 392 g/mol. The largest absolute Gasteiger partial charge is 0.486 e. The number of benzene rings is 2. The molecule has 8 heteroatoms. The summed E-state index contributed by atoms with van der Waals surface area (Å²) in [7, 11) is -3.59. The summed E-state index contributed by atoms with van der Waals surface area (Å²) < 4.78 is 38.6. The highest BCUT2D eigenvalue weighted by atomic mass is 32.2. The minimum absolute atomic E-state index is 0.152. The van der Waals surface area contributed by atoms with Crippen LogP contribution in [0.25, 0.3) is 0 Å². The normalized spacial score (nSPS) is 22.1. The Kier molecular flexibility index (Phi) is 5.73. The predicted molar refractivity (Wildman–Crippen MR) is 107 cm³/mol. The summed E-state index contributed by atoms with van der Waals surface area (Å²) in [6.45, 7) is 1.29. The Balaban J connectivity index is 1.34. The van der Waals surface area contributed by atoms with E-state index in [-0.39, 0.29) is 29.4 Å². The number of nitrogens with zero attached hydrogens (tertiary/aromatic N) is 1. The van der Waals surface area contributed by atoms with Gasteiger partial charge in [0.25, 0.3) is 0 Å². The van der Waals surface area contributed by atoms with Gasteiger partial charge in [0.1, 0.15) is 12.7 Å². The first-order valence-electron chi connectivity index (χ1n) is 9.75. The molecule has 0 spiro atoms. The number of para-hydroxylation sites is 2. The lowest BCUT2D eigenvalue weighted by molar-refractivity contribution is -0.126. The van der Waals surface area contributed by atoms with Crippen molar-refractivity contribution in [3.05, 3.63) is 54.6 Å². The molecule has 2 atom stereocenters. The molecule has 0 bridgehead atoms. The number of hydrogen-bond acceptors (Lipinski definition) is 5. The molecule has 154 valence electrons. The standard InChI is InChI=1S/C21H24N2O5S/c24-21(22-13-17-15-27-19-10-4-5-11-20(19)28-17)16-7-6-12-23(14-16)29(25,26)18-8-2-1-3-9-18/h1-5,8-11,16-17H,6-7,12-15H2,(H,22,24)/t16-,17-/m1/s1. The van der Waals surface area contributed by atoms with Gasteiger partial charge in [-0.15, -0.1) is 0 Å². The summed E-state index contributed by atoms with van der Waals surface area (Å²) >= 11 is 0. The lowest BCUT2D eigenvalue weighted by atomic mass is 9.99. The van der Waals surface area contributed by atoms with Gasteiger partial charge in [-0.05, 0) is 37.1 Å². The number of carbonyl (C=O) groups excluding carboxylic acids is 1. The molecule has 2 aromatic rings. The molecule has 2 aliphatic rings. The average molecular weight is 416 g/mol. The smallest absolute Gasteiger partial charge is 0.243 e. The molecule has 2 heterocycles. The summed E-state index contributed by atoms with van der Waals surface area (Å²) in [5.74, 6) is 0.833. The van der Waals surface area contributed by atoms with Crippen molar-refractivity contribution >= 4 is 15.9 Å². The molecule has 0 aliphatic carbocycles. The van der Waals surface area contributed by atoms with Crippen molar-refractivity contribution in [1.29, 1.82) is 0 Å². The predicted octanol–water partition coefficient (Wildman–Crippen LogP) is 2.04. The zero-order chi connectivity index (χ0) is 20.3. The number of sulfonamides is 1. The van der Waals surface area contributed by atoms with Crippen molar-refractivity contribution in [3.8, 4) is 11.5 Å². The Labute approximate surface area is 170 Å². The fourth-order valence-corrected chi connectivity index (χ4v) is 5.18. The highest BCUT2D eigenvalue weighted by Crippen LogP contribution is 2.30. The van der Waals surface area contributed by atoms with Crippen LogP contribution >= 0.6 is 0 Å². The Bertz CT molecular complexity index is 964. The number of ether oxygens (including phenoxy) is 2. The maximum atomic E-state index is 12.8. The molecule has 0 unspecified atom stereocenters. The van der Waals surface area contributed by atoms with Gasteiger partial charge < -0.3 is 14.8 Å². The van der Waals surface area contributed by atoms with Crippen LogP contribution in [0.5, 0.6) is 11.5 Å². The van der Waals surface area contributed by atoms with Crippen molar-refractivity contribution < 1.29 is 22.7 Å². The van der Waals surface area contributed by atoms with Crippen LogP contribution in [0.3, 0.4) is 0 Å². The highest BCUT2D eigenvalue weighted by Gasteiger charge is 2.33. The third kappa shape index (κ3) is 4.38. The molecule has 0 radical (unpaired) electrons. The first-order chi connectivity index (χ1) is 14.0. The van der Waals surface area contributed by atoms with E-state index in [9.17, 15) is 13.2 Å². The van der Waals surface area contributed by atoms with Crippen LogP contribution in [0.1, 0.15) is 12.8 Å². The van der Waals surface area contributed by atoms with Gasteiger partial charge in [-0.25, -0.2) is 8.42 Å². The SMILES string of the molecule is O=C(NC[C@@H]1COc2ccccc2O1)[C@@H]1CCCN(S(=O)(=O)c2ccccc2)C1. The maximum absolute atomic E-state index is 12.8. The fraction of sp³-hybridized carbons (Fsp3) is 0.381. The summed E-state index contributed by atoms with van der Waals surface area (Å²) in [6.07, 6.45) is 1.04. The number of piperidine rings is 1. The van der Waals surface area contributed by atoms with Crippen molar-refractivity contribution in [3.63, 3.8) is 0 Å². The summed E-state index contributed by atoms with van der Waals surface area (Å²) in [4.78, 5) is 12.9. The van der Waals surface area contributed by atoms with E-state index in [0.29, 0.717) is 44.0 Å². The van der Waals surface area contributed by atoms with Crippen LogP contribution in [0, 0.1) is 5.92 Å². The molecule has 0 aromatic heterocycles. The van der Waals surface area contributed by atoms with Gasteiger partial charge in [-0.3, -0.25) is 4.79 Å². The Morgan fingerprint density at radius 3 is 2.59 bits per heavy atom. The van der Waals surface area contributed by atoms with Gasteiger partial charge >= 0.3 is 0 Å². The zero-order valence-electron chi connectivity index (χ0n) is 16.0. The topological polar surface area (TPSA) is 84.9 Å². The van der Waals surface area contributed by atoms with Gasteiger partial charge in [-0.2, -0.15) is 4.31 Å². The lowest BCUT2D eigenvalue weighted by Crippen LogP contribution is -2.48. The van der Waals surface area contributed by atoms with Crippen LogP contribution in [0.15, 0.2) is 59.5 Å². The Morgan fingerprint density at radius 1 is 1.07 bits per heavy atom. The molecule has 1 saturated heterocycles. The number of amides is 1. The molecule has 2 aliphatic heterocycles. The summed E-state index contributed by atoms with van der Waals surface area (Å²) in [5, 5.41) is 2.90. The first-order valence-corrected chi connectivity index (χ1v) is 11.2. The van der Waals surface area contributed by atoms with E-state index in [2.05, 4.69) is 5.32 Å². The van der Waals surface area contributed by atoms with Crippen LogP contribution in [0.2, 0.25) is 0 Å². The van der Waals surface area contributed by atoms with Crippen molar-refractivity contribution in [1.82, 2.24) is 9.62 Å². The third-order valence-electron chi connectivity index (χ3n) is 5.21. The summed E-state index contributed by atoms with van der Waals surface area (Å²) in [5.41, 5.74) is 0. The second kappa shape index (κ2) is 8.42. The van der Waals surface area contributed by atoms with E-state index < -0.39 is 10.0 Å². The number of nitrogens with one attached hydrogen (secondary N) is 1. The highest BCUT2D eigenvalue weighted by molar-refractivity contribution is 7.89. The van der Waals surface area contributed by atoms with E-state index >= 15 is 0 Å². The first kappa shape index (κ1) is 19.7. The molecule has 1 fully saturated rings. The Hall–Kier alpha value is -2.58. The number of carbonyl (C=O) groups is 1. The van der Waals surface area contributed by atoms with Crippen LogP contribution in [-0.2, 0) is 14.8 Å². The van der Waals surface area contributed by atoms with E-state index in [1.807, 2.05) is 24.3 Å². The molecule has 7 nitrogen and oxygen atoms in total. The molecule has 1 amide bonds. The Morgan fingerprint density at radius 2 is 1.79 bits per heavy atom. The minimum atomic E-state index is -3.59. The number of fused-ring (bicyclic) bond motifs is 1. The van der Waals surface area contributed by atoms with Gasteiger partial charge in [0.05, 0.1) is 17.4 Å². The van der Waals surface area contributed by atoms with Gasteiger partial charge in [-0.1, -0.05) is 30.3 Å². The van der Waals surface area contributed by atoms with Crippen LogP contribution in [-0.4, -0.2) is 51.0 Å². The summed E-state index contributed by atoms with van der Waals surface area (Å²) in [6, 6.07) is 15.8. The van der Waals surface area contributed by atoms with E-state index in [4.69, 9.17) is 9.47 Å². The lowest BCUT2D eigenvalue weighted by Gasteiger charge is -2.32. The average Bonchev–Trinajstić information content (AvgIpc) is 2.78. The number of hydrogen-bond donors (Lipinski definition) is 1. The molecule has 1 N–H and O–H groups in total. The van der Waals surface area contributed by atoms with E-state index in [0.717, 1.165) is 0 Å². The van der Waals surface area contributed by atoms with Crippen LogP contribution < -0.4 is 14.8 Å². The van der Waals surface area contributed by atoms with Crippen LogP contribution in [0.4, 0.5) is 0 Å². The second-order valence-corrected chi connectivity index (χ2v) is 9.20. The second-order valence-electron chi connectivity index (χ2n) is 7.26. The quantitative estimate of drug-likeness (QED) is 0.806. The van der Waals surface area contributed by atoms with Gasteiger partial charge in [0.2, 0.25) is 15.9 Å². The minimum Gasteiger partial charge on any atom is -0.486 e. The maximum Gasteiger partial charge on any atom is 0.243 e. The fourth-order valence-electron chi connectivity index (χ4n) is 3.64. The third-order valence-corrected chi connectivity index (χ3v) is 7.09. The molecular formula is C21H24N2O5S. The van der Waals surface area contributed by atoms with E-state index in [1.54, 1.807) is 30.3 Å². The van der Waals surface area contributed by atoms with Gasteiger partial charge in [0, 0.05) is 13.1 Å². The van der Waals surface area contributed by atoms with E-state index in [1.165, 1.54) is 4.31 Å². The number of rotatable bonds is 5. The molecule has 4 rings (SSSR count). The monoisotopic (exact) mass is 416 g/mol.